The summed E-state index contributed by atoms with van der Waals surface area (Å²) in [4.78, 5) is 12.2. The number of carbonyl (C=O) groups is 1. The number of hydrogen-bond acceptors (Lipinski definition) is 2. The van der Waals surface area contributed by atoms with Crippen molar-refractivity contribution in [2.75, 3.05) is 7.11 Å². The Morgan fingerprint density at radius 2 is 1.90 bits per heavy atom. The monoisotopic (exact) mass is 285 g/mol. The Kier molecular flexibility index (Phi) is 3.37. The minimum absolute atomic E-state index is 0.247. The van der Waals surface area contributed by atoms with E-state index >= 15 is 0 Å². The van der Waals surface area contributed by atoms with Crippen molar-refractivity contribution in [1.29, 1.82) is 0 Å². The Balaban J connectivity index is 1.78. The molecule has 0 aromatic heterocycles. The van der Waals surface area contributed by atoms with Crippen LogP contribution in [-0.2, 0) is 5.54 Å². The topological polar surface area (TPSA) is 38.3 Å². The van der Waals surface area contributed by atoms with Crippen molar-refractivity contribution >= 4 is 5.91 Å². The standard InChI is InChI=1S/C17H16FNO2/c1-21-15-7-5-13(6-8-15)17(9-10-17)19-16(20)12-3-2-4-14(18)11-12/h2-8,11H,9-10H2,1H3,(H,19,20). The molecule has 0 saturated heterocycles. The zero-order valence-electron chi connectivity index (χ0n) is 11.7. The van der Waals surface area contributed by atoms with Crippen LogP contribution >= 0.6 is 0 Å². The van der Waals surface area contributed by atoms with E-state index in [0.717, 1.165) is 24.2 Å². The highest BCUT2D eigenvalue weighted by Crippen LogP contribution is 2.46. The zero-order chi connectivity index (χ0) is 14.9. The number of halogens is 1. The number of ether oxygens (including phenoxy) is 1. The number of amides is 1. The highest BCUT2D eigenvalue weighted by atomic mass is 19.1. The van der Waals surface area contributed by atoms with Gasteiger partial charge in [0, 0.05) is 5.56 Å². The van der Waals surface area contributed by atoms with Crippen molar-refractivity contribution in [3.05, 3.63) is 65.5 Å². The van der Waals surface area contributed by atoms with Gasteiger partial charge >= 0.3 is 0 Å². The molecule has 1 saturated carbocycles. The average Bonchev–Trinajstić information content (AvgIpc) is 3.28. The maximum Gasteiger partial charge on any atom is 0.252 e. The quantitative estimate of drug-likeness (QED) is 0.936. The van der Waals surface area contributed by atoms with E-state index in [-0.39, 0.29) is 11.4 Å². The summed E-state index contributed by atoms with van der Waals surface area (Å²) in [6.07, 6.45) is 1.78. The molecule has 1 aliphatic rings. The Hall–Kier alpha value is -2.36. The summed E-state index contributed by atoms with van der Waals surface area (Å²) < 4.78 is 18.3. The van der Waals surface area contributed by atoms with Crippen molar-refractivity contribution in [3.63, 3.8) is 0 Å². The third-order valence-electron chi connectivity index (χ3n) is 3.83. The molecule has 0 spiro atoms. The van der Waals surface area contributed by atoms with Crippen LogP contribution in [0.1, 0.15) is 28.8 Å². The van der Waals surface area contributed by atoms with Crippen LogP contribution in [0, 0.1) is 5.82 Å². The molecule has 0 atom stereocenters. The zero-order valence-corrected chi connectivity index (χ0v) is 11.7. The molecule has 1 N–H and O–H groups in total. The van der Waals surface area contributed by atoms with E-state index in [4.69, 9.17) is 4.74 Å². The van der Waals surface area contributed by atoms with Gasteiger partial charge in [0.2, 0.25) is 0 Å². The second-order valence-corrected chi connectivity index (χ2v) is 5.28. The van der Waals surface area contributed by atoms with Gasteiger partial charge in [-0.2, -0.15) is 0 Å². The molecule has 1 amide bonds. The normalized spacial score (nSPS) is 15.3. The minimum Gasteiger partial charge on any atom is -0.497 e. The molecule has 3 nitrogen and oxygen atoms in total. The molecule has 108 valence electrons. The van der Waals surface area contributed by atoms with Crippen molar-refractivity contribution in [2.24, 2.45) is 0 Å². The van der Waals surface area contributed by atoms with Crippen LogP contribution in [0.25, 0.3) is 0 Å². The van der Waals surface area contributed by atoms with E-state index in [0.29, 0.717) is 5.56 Å². The predicted octanol–water partition coefficient (Wildman–Crippen LogP) is 3.25. The Bertz CT molecular complexity index is 663. The van der Waals surface area contributed by atoms with Crippen LogP contribution in [0.2, 0.25) is 0 Å². The maximum absolute atomic E-state index is 13.2. The van der Waals surface area contributed by atoms with Crippen LogP contribution in [0.15, 0.2) is 48.5 Å². The van der Waals surface area contributed by atoms with Gasteiger partial charge in [0.15, 0.2) is 0 Å². The summed E-state index contributed by atoms with van der Waals surface area (Å²) in [5.41, 5.74) is 1.07. The van der Waals surface area contributed by atoms with Crippen LogP contribution < -0.4 is 10.1 Å². The van der Waals surface area contributed by atoms with E-state index in [1.54, 1.807) is 13.2 Å². The van der Waals surface area contributed by atoms with E-state index in [1.165, 1.54) is 18.2 Å². The molecule has 0 radical (unpaired) electrons. The van der Waals surface area contributed by atoms with Gasteiger partial charge in [-0.15, -0.1) is 0 Å². The fourth-order valence-corrected chi connectivity index (χ4v) is 2.44. The maximum atomic E-state index is 13.2. The molecule has 4 heteroatoms. The molecule has 1 fully saturated rings. The third kappa shape index (κ3) is 2.75. The van der Waals surface area contributed by atoms with Gasteiger partial charge in [0.25, 0.3) is 5.91 Å². The van der Waals surface area contributed by atoms with Crippen molar-refractivity contribution in [1.82, 2.24) is 5.32 Å². The second-order valence-electron chi connectivity index (χ2n) is 5.28. The molecule has 0 aliphatic heterocycles. The minimum atomic E-state index is -0.406. The van der Waals surface area contributed by atoms with E-state index in [9.17, 15) is 9.18 Å². The first-order chi connectivity index (χ1) is 10.1. The van der Waals surface area contributed by atoms with Crippen molar-refractivity contribution in [3.8, 4) is 5.75 Å². The van der Waals surface area contributed by atoms with E-state index in [1.807, 2.05) is 24.3 Å². The smallest absolute Gasteiger partial charge is 0.252 e. The second kappa shape index (κ2) is 5.20. The average molecular weight is 285 g/mol. The van der Waals surface area contributed by atoms with Gasteiger partial charge in [-0.1, -0.05) is 18.2 Å². The molecule has 21 heavy (non-hydrogen) atoms. The molecule has 2 aromatic carbocycles. The predicted molar refractivity (Wildman–Crippen MR) is 77.8 cm³/mol. The van der Waals surface area contributed by atoms with Gasteiger partial charge in [0.1, 0.15) is 11.6 Å². The first kappa shape index (κ1) is 13.6. The summed E-state index contributed by atoms with van der Waals surface area (Å²) in [7, 11) is 1.62. The van der Waals surface area contributed by atoms with E-state index < -0.39 is 5.82 Å². The third-order valence-corrected chi connectivity index (χ3v) is 3.83. The van der Waals surface area contributed by atoms with Gasteiger partial charge < -0.3 is 10.1 Å². The lowest BCUT2D eigenvalue weighted by molar-refractivity contribution is 0.0930. The highest BCUT2D eigenvalue weighted by Gasteiger charge is 2.45. The van der Waals surface area contributed by atoms with Gasteiger partial charge in [-0.3, -0.25) is 4.79 Å². The molecule has 0 unspecified atom stereocenters. The molecule has 2 aromatic rings. The lowest BCUT2D eigenvalue weighted by atomic mass is 10.0. The molecule has 3 rings (SSSR count). The van der Waals surface area contributed by atoms with Gasteiger partial charge in [-0.05, 0) is 48.7 Å². The molecule has 1 aliphatic carbocycles. The summed E-state index contributed by atoms with van der Waals surface area (Å²) in [6.45, 7) is 0. The largest absolute Gasteiger partial charge is 0.497 e. The van der Waals surface area contributed by atoms with Gasteiger partial charge in [0.05, 0.1) is 12.6 Å². The first-order valence-corrected chi connectivity index (χ1v) is 6.86. The Labute approximate surface area is 122 Å². The number of benzene rings is 2. The van der Waals surface area contributed by atoms with Crippen molar-refractivity contribution < 1.29 is 13.9 Å². The fourth-order valence-electron chi connectivity index (χ4n) is 2.44. The Morgan fingerprint density at radius 1 is 1.19 bits per heavy atom. The number of rotatable bonds is 4. The van der Waals surface area contributed by atoms with Gasteiger partial charge in [-0.25, -0.2) is 4.39 Å². The molecular weight excluding hydrogens is 269 g/mol. The van der Waals surface area contributed by atoms with Crippen LogP contribution in [-0.4, -0.2) is 13.0 Å². The van der Waals surface area contributed by atoms with Crippen LogP contribution in [0.4, 0.5) is 4.39 Å². The van der Waals surface area contributed by atoms with E-state index in [2.05, 4.69) is 5.32 Å². The first-order valence-electron chi connectivity index (χ1n) is 6.86. The number of nitrogens with one attached hydrogen (secondary N) is 1. The molecule has 0 bridgehead atoms. The van der Waals surface area contributed by atoms with Crippen LogP contribution in [0.3, 0.4) is 0 Å². The van der Waals surface area contributed by atoms with Crippen molar-refractivity contribution in [2.45, 2.75) is 18.4 Å². The fraction of sp³-hybridized carbons (Fsp3) is 0.235. The lowest BCUT2D eigenvalue weighted by Gasteiger charge is -2.18. The number of methoxy groups -OCH3 is 1. The van der Waals surface area contributed by atoms with Crippen LogP contribution in [0.5, 0.6) is 5.75 Å². The summed E-state index contributed by atoms with van der Waals surface area (Å²) in [5.74, 6) is 0.130. The lowest BCUT2D eigenvalue weighted by Crippen LogP contribution is -2.34. The summed E-state index contributed by atoms with van der Waals surface area (Å²) >= 11 is 0. The Morgan fingerprint density at radius 3 is 2.48 bits per heavy atom. The SMILES string of the molecule is COc1ccc(C2(NC(=O)c3cccc(F)c3)CC2)cc1. The number of hydrogen-bond donors (Lipinski definition) is 1. The summed E-state index contributed by atoms with van der Waals surface area (Å²) in [6, 6.07) is 13.4. The highest BCUT2D eigenvalue weighted by molar-refractivity contribution is 5.95. The molecular formula is C17H16FNO2. The molecule has 0 heterocycles. The summed E-state index contributed by atoms with van der Waals surface area (Å²) in [5, 5.41) is 3.02. The number of carbonyl (C=O) groups excluding carboxylic acids is 1.